The van der Waals surface area contributed by atoms with Gasteiger partial charge in [0.05, 0.1) is 0 Å². The number of fused-ring (bicyclic) bond motifs is 3. The minimum absolute atomic E-state index is 0.460. The van der Waals surface area contributed by atoms with Crippen molar-refractivity contribution >= 4 is 25.3 Å². The van der Waals surface area contributed by atoms with Gasteiger partial charge in [-0.3, -0.25) is 0 Å². The van der Waals surface area contributed by atoms with Crippen molar-refractivity contribution < 1.29 is 0 Å². The first-order valence-electron chi connectivity index (χ1n) is 5.76. The maximum Gasteiger partial charge on any atom is 0.107 e. The Morgan fingerprint density at radius 3 is 2.22 bits per heavy atom. The van der Waals surface area contributed by atoms with E-state index in [1.54, 1.807) is 0 Å². The molecule has 0 aromatic heterocycles. The largest absolute Gasteiger partial charge is 0.152 e. The predicted octanol–water partition coefficient (Wildman–Crippen LogP) is 4.84. The third kappa shape index (κ3) is 1.90. The fourth-order valence-electron chi connectivity index (χ4n) is 2.35. The van der Waals surface area contributed by atoms with Crippen LogP contribution in [-0.2, 0) is 4.08 Å². The number of hydrogen-bond donors (Lipinski definition) is 2. The Morgan fingerprint density at radius 2 is 1.50 bits per heavy atom. The van der Waals surface area contributed by atoms with E-state index >= 15 is 0 Å². The number of aryl methyl sites for hydroxylation is 1. The van der Waals surface area contributed by atoms with Gasteiger partial charge >= 0.3 is 0 Å². The molecule has 18 heavy (non-hydrogen) atoms. The smallest absolute Gasteiger partial charge is 0.107 e. The third-order valence-corrected chi connectivity index (χ3v) is 4.11. The van der Waals surface area contributed by atoms with E-state index < -0.39 is 4.08 Å². The summed E-state index contributed by atoms with van der Waals surface area (Å²) < 4.78 is -0.460. The lowest BCUT2D eigenvalue weighted by molar-refractivity contribution is 1.14. The monoisotopic (exact) mass is 272 g/mol. The molecule has 2 heteroatoms. The Labute approximate surface area is 120 Å². The molecule has 0 nitrogen and oxygen atoms in total. The molecule has 0 atom stereocenters. The highest BCUT2D eigenvalue weighted by molar-refractivity contribution is 8.00. The quantitative estimate of drug-likeness (QED) is 0.383. The van der Waals surface area contributed by atoms with Crippen LogP contribution in [0, 0.1) is 6.92 Å². The summed E-state index contributed by atoms with van der Waals surface area (Å²) in [5, 5.41) is 0. The van der Waals surface area contributed by atoms with E-state index in [-0.39, 0.29) is 0 Å². The summed E-state index contributed by atoms with van der Waals surface area (Å²) in [6, 6.07) is 14.8. The van der Waals surface area contributed by atoms with Gasteiger partial charge in [-0.2, -0.15) is 25.3 Å². The third-order valence-electron chi connectivity index (χ3n) is 3.14. The second-order valence-corrected chi connectivity index (χ2v) is 5.96. The Bertz CT molecular complexity index is 585. The molecule has 0 saturated carbocycles. The maximum atomic E-state index is 4.72. The molecule has 2 aromatic carbocycles. The first-order valence-corrected chi connectivity index (χ1v) is 6.66. The fraction of sp³-hybridized carbons (Fsp3) is 0.125. The van der Waals surface area contributed by atoms with Gasteiger partial charge < -0.3 is 0 Å². The van der Waals surface area contributed by atoms with Crippen molar-refractivity contribution in [2.75, 3.05) is 0 Å². The van der Waals surface area contributed by atoms with Gasteiger partial charge in [0, 0.05) is 0 Å². The predicted molar refractivity (Wildman–Crippen MR) is 86.6 cm³/mol. The molecule has 0 heterocycles. The van der Waals surface area contributed by atoms with Crippen molar-refractivity contribution in [1.82, 2.24) is 0 Å². The molecule has 2 aromatic rings. The molecule has 1 aliphatic carbocycles. The number of benzene rings is 2. The van der Waals surface area contributed by atoms with Gasteiger partial charge in [0.25, 0.3) is 0 Å². The van der Waals surface area contributed by atoms with E-state index in [9.17, 15) is 0 Å². The zero-order chi connectivity index (χ0) is 13.3. The van der Waals surface area contributed by atoms with Gasteiger partial charge in [-0.15, -0.1) is 13.2 Å². The highest BCUT2D eigenvalue weighted by Crippen LogP contribution is 2.53. The summed E-state index contributed by atoms with van der Waals surface area (Å²) in [7, 11) is 0. The normalized spacial score (nSPS) is 14.2. The van der Waals surface area contributed by atoms with Crippen LogP contribution in [0.2, 0.25) is 0 Å². The average Bonchev–Trinajstić information content (AvgIpc) is 2.62. The summed E-state index contributed by atoms with van der Waals surface area (Å²) in [4.78, 5) is 0. The molecule has 0 spiro atoms. The minimum atomic E-state index is -0.460. The van der Waals surface area contributed by atoms with Crippen LogP contribution < -0.4 is 0 Å². The van der Waals surface area contributed by atoms with Crippen molar-refractivity contribution in [3.8, 4) is 11.1 Å². The van der Waals surface area contributed by atoms with Crippen LogP contribution in [0.5, 0.6) is 0 Å². The minimum Gasteiger partial charge on any atom is -0.152 e. The first kappa shape index (κ1) is 13.3. The van der Waals surface area contributed by atoms with Crippen molar-refractivity contribution in [1.29, 1.82) is 0 Å². The average molecular weight is 272 g/mol. The van der Waals surface area contributed by atoms with Gasteiger partial charge in [0.1, 0.15) is 4.08 Å². The molecular weight excluding hydrogens is 256 g/mol. The molecule has 3 rings (SSSR count). The summed E-state index contributed by atoms with van der Waals surface area (Å²) >= 11 is 9.44. The molecule has 1 aliphatic rings. The van der Waals surface area contributed by atoms with Crippen LogP contribution in [0.3, 0.4) is 0 Å². The van der Waals surface area contributed by atoms with Crippen LogP contribution in [0.25, 0.3) is 11.1 Å². The molecular formula is C16H16S2. The molecule has 0 amide bonds. The molecule has 0 N–H and O–H groups in total. The second-order valence-electron chi connectivity index (χ2n) is 4.27. The van der Waals surface area contributed by atoms with Gasteiger partial charge in [0.15, 0.2) is 0 Å². The van der Waals surface area contributed by atoms with Gasteiger partial charge in [-0.25, -0.2) is 0 Å². The van der Waals surface area contributed by atoms with Crippen LogP contribution in [-0.4, -0.2) is 0 Å². The lowest BCUT2D eigenvalue weighted by Gasteiger charge is -2.19. The zero-order valence-electron chi connectivity index (χ0n) is 10.4. The molecule has 0 fully saturated rings. The van der Waals surface area contributed by atoms with E-state index in [1.807, 2.05) is 6.07 Å². The van der Waals surface area contributed by atoms with Crippen LogP contribution in [0.1, 0.15) is 16.7 Å². The van der Waals surface area contributed by atoms with Crippen molar-refractivity contribution in [2.45, 2.75) is 11.0 Å². The van der Waals surface area contributed by atoms with Crippen LogP contribution in [0.15, 0.2) is 55.6 Å². The number of hydrogen-bond acceptors (Lipinski definition) is 2. The molecule has 0 radical (unpaired) electrons. The Kier molecular flexibility index (Phi) is 3.60. The van der Waals surface area contributed by atoms with Gasteiger partial charge in [-0.05, 0) is 29.2 Å². The van der Waals surface area contributed by atoms with Crippen LogP contribution >= 0.6 is 25.3 Å². The molecule has 0 saturated heterocycles. The fourth-order valence-corrected chi connectivity index (χ4v) is 3.11. The topological polar surface area (TPSA) is 0 Å². The molecule has 92 valence electrons. The van der Waals surface area contributed by atoms with Crippen molar-refractivity contribution in [3.05, 3.63) is 72.3 Å². The number of thiol groups is 2. The lowest BCUT2D eigenvalue weighted by atomic mass is 10.0. The van der Waals surface area contributed by atoms with Crippen LogP contribution in [0.4, 0.5) is 0 Å². The summed E-state index contributed by atoms with van der Waals surface area (Å²) in [5.41, 5.74) is 6.13. The van der Waals surface area contributed by atoms with Gasteiger partial charge in [0.2, 0.25) is 0 Å². The highest BCUT2D eigenvalue weighted by atomic mass is 32.2. The Hall–Kier alpha value is -1.12. The second kappa shape index (κ2) is 4.87. The maximum absolute atomic E-state index is 4.72. The van der Waals surface area contributed by atoms with E-state index in [2.05, 4.69) is 56.5 Å². The van der Waals surface area contributed by atoms with E-state index in [0.717, 1.165) is 0 Å². The Balaban J connectivity index is 0.000000574. The van der Waals surface area contributed by atoms with Crippen molar-refractivity contribution in [3.63, 3.8) is 0 Å². The summed E-state index contributed by atoms with van der Waals surface area (Å²) in [5.74, 6) is 0. The standard InChI is InChI=1S/C14H12S2.C2H4/c1-9-6-7-11-10-4-2-3-5-12(10)14(15,16)13(11)8-9;1-2/h2-8,15-16H,1H3;1-2H2. The van der Waals surface area contributed by atoms with Gasteiger partial charge in [-0.1, -0.05) is 48.0 Å². The van der Waals surface area contributed by atoms with E-state index in [1.165, 1.54) is 27.8 Å². The summed E-state index contributed by atoms with van der Waals surface area (Å²) in [6.07, 6.45) is 0. The zero-order valence-corrected chi connectivity index (χ0v) is 12.1. The Morgan fingerprint density at radius 1 is 0.889 bits per heavy atom. The number of rotatable bonds is 0. The molecule has 0 bridgehead atoms. The summed E-state index contributed by atoms with van der Waals surface area (Å²) in [6.45, 7) is 8.10. The SMILES string of the molecule is C=C.Cc1ccc2c(c1)C(S)(S)c1ccccc1-2. The first-order chi connectivity index (χ1) is 8.60. The molecule has 0 aliphatic heterocycles. The lowest BCUT2D eigenvalue weighted by Crippen LogP contribution is -2.07. The van der Waals surface area contributed by atoms with Crippen molar-refractivity contribution in [2.24, 2.45) is 0 Å². The molecule has 0 unspecified atom stereocenters. The van der Waals surface area contributed by atoms with E-state index in [4.69, 9.17) is 25.3 Å². The van der Waals surface area contributed by atoms with E-state index in [0.29, 0.717) is 0 Å². The highest BCUT2D eigenvalue weighted by Gasteiger charge is 2.36.